The van der Waals surface area contributed by atoms with E-state index < -0.39 is 10.0 Å². The van der Waals surface area contributed by atoms with E-state index in [0.717, 1.165) is 16.8 Å². The van der Waals surface area contributed by atoms with Crippen LogP contribution in [-0.4, -0.2) is 27.1 Å². The zero-order valence-electron chi connectivity index (χ0n) is 14.3. The van der Waals surface area contributed by atoms with E-state index in [-0.39, 0.29) is 11.7 Å². The van der Waals surface area contributed by atoms with Crippen molar-refractivity contribution < 1.29 is 13.2 Å². The Morgan fingerprint density at radius 2 is 1.67 bits per heavy atom. The molecule has 0 aliphatic heterocycles. The van der Waals surface area contributed by atoms with Gasteiger partial charge in [-0.25, -0.2) is 8.42 Å². The number of amides is 1. The Labute approximate surface area is 143 Å². The quantitative estimate of drug-likeness (QED) is 0.903. The second-order valence-electron chi connectivity index (χ2n) is 5.67. The fourth-order valence-electron chi connectivity index (χ4n) is 2.20. The Morgan fingerprint density at radius 1 is 1.04 bits per heavy atom. The van der Waals surface area contributed by atoms with E-state index in [9.17, 15) is 13.2 Å². The van der Waals surface area contributed by atoms with Crippen LogP contribution < -0.4 is 9.62 Å². The predicted molar refractivity (Wildman–Crippen MR) is 98.2 cm³/mol. The standard InChI is InChI=1S/C18H22N2O3S/c1-5-24(22,23)20(4)17-10-7-15(8-11-17)18(21)19-16-9-6-13(2)14(3)12-16/h6-12H,5H2,1-4H3,(H,19,21). The van der Waals surface area contributed by atoms with E-state index in [4.69, 9.17) is 0 Å². The molecule has 6 heteroatoms. The molecule has 2 rings (SSSR count). The lowest BCUT2D eigenvalue weighted by Crippen LogP contribution is -2.28. The molecule has 2 aromatic rings. The molecular weight excluding hydrogens is 324 g/mol. The molecule has 0 heterocycles. The fourth-order valence-corrected chi connectivity index (χ4v) is 3.03. The summed E-state index contributed by atoms with van der Waals surface area (Å²) in [6, 6.07) is 12.2. The number of benzene rings is 2. The van der Waals surface area contributed by atoms with Crippen molar-refractivity contribution in [2.45, 2.75) is 20.8 Å². The molecular formula is C18H22N2O3S. The van der Waals surface area contributed by atoms with E-state index in [1.807, 2.05) is 32.0 Å². The molecule has 128 valence electrons. The molecule has 0 saturated heterocycles. The maximum absolute atomic E-state index is 12.3. The number of carbonyl (C=O) groups is 1. The molecule has 0 radical (unpaired) electrons. The van der Waals surface area contributed by atoms with Crippen LogP contribution in [0.2, 0.25) is 0 Å². The maximum atomic E-state index is 12.3. The van der Waals surface area contributed by atoms with Crippen LogP contribution in [0.4, 0.5) is 11.4 Å². The highest BCUT2D eigenvalue weighted by Crippen LogP contribution is 2.19. The summed E-state index contributed by atoms with van der Waals surface area (Å²) in [6.07, 6.45) is 0. The van der Waals surface area contributed by atoms with Gasteiger partial charge in [-0.1, -0.05) is 6.07 Å². The van der Waals surface area contributed by atoms with Gasteiger partial charge in [-0.05, 0) is 68.3 Å². The van der Waals surface area contributed by atoms with Crippen LogP contribution in [0.5, 0.6) is 0 Å². The first-order valence-corrected chi connectivity index (χ1v) is 9.31. The predicted octanol–water partition coefficient (Wildman–Crippen LogP) is 3.34. The van der Waals surface area contributed by atoms with E-state index in [1.54, 1.807) is 31.2 Å². The lowest BCUT2D eigenvalue weighted by Gasteiger charge is -2.18. The Kier molecular flexibility index (Phi) is 5.29. The highest BCUT2D eigenvalue weighted by Gasteiger charge is 2.16. The number of nitrogens with zero attached hydrogens (tertiary/aromatic N) is 1. The molecule has 0 aliphatic rings. The van der Waals surface area contributed by atoms with Gasteiger partial charge in [0, 0.05) is 18.3 Å². The summed E-state index contributed by atoms with van der Waals surface area (Å²) in [5, 5.41) is 2.85. The van der Waals surface area contributed by atoms with Gasteiger partial charge >= 0.3 is 0 Å². The van der Waals surface area contributed by atoms with Gasteiger partial charge in [0.1, 0.15) is 0 Å². The third-order valence-electron chi connectivity index (χ3n) is 4.04. The molecule has 2 aromatic carbocycles. The van der Waals surface area contributed by atoms with Crippen LogP contribution in [0.25, 0.3) is 0 Å². The van der Waals surface area contributed by atoms with Gasteiger partial charge in [0.05, 0.1) is 11.4 Å². The Balaban J connectivity index is 2.15. The van der Waals surface area contributed by atoms with Gasteiger partial charge in [-0.3, -0.25) is 9.10 Å². The molecule has 0 fully saturated rings. The smallest absolute Gasteiger partial charge is 0.255 e. The van der Waals surface area contributed by atoms with Gasteiger partial charge in [-0.2, -0.15) is 0 Å². The summed E-state index contributed by atoms with van der Waals surface area (Å²) in [4.78, 5) is 12.3. The third kappa shape index (κ3) is 3.94. The van der Waals surface area contributed by atoms with Crippen molar-refractivity contribution in [3.8, 4) is 0 Å². The zero-order chi connectivity index (χ0) is 17.9. The van der Waals surface area contributed by atoms with E-state index in [0.29, 0.717) is 11.3 Å². The average Bonchev–Trinajstić information content (AvgIpc) is 2.57. The highest BCUT2D eigenvalue weighted by atomic mass is 32.2. The van der Waals surface area contributed by atoms with Crippen molar-refractivity contribution >= 4 is 27.3 Å². The van der Waals surface area contributed by atoms with Crippen LogP contribution >= 0.6 is 0 Å². The second kappa shape index (κ2) is 7.05. The Hall–Kier alpha value is -2.34. The van der Waals surface area contributed by atoms with Gasteiger partial charge < -0.3 is 5.32 Å². The molecule has 0 aliphatic carbocycles. The van der Waals surface area contributed by atoms with Gasteiger partial charge in [0.2, 0.25) is 10.0 Å². The second-order valence-corrected chi connectivity index (χ2v) is 7.96. The van der Waals surface area contributed by atoms with Crippen molar-refractivity contribution in [3.05, 3.63) is 59.2 Å². The van der Waals surface area contributed by atoms with Crippen LogP contribution in [0.3, 0.4) is 0 Å². The lowest BCUT2D eigenvalue weighted by molar-refractivity contribution is 0.102. The summed E-state index contributed by atoms with van der Waals surface area (Å²) >= 11 is 0. The molecule has 0 spiro atoms. The number of carbonyl (C=O) groups excluding carboxylic acids is 1. The van der Waals surface area contributed by atoms with Crippen molar-refractivity contribution in [3.63, 3.8) is 0 Å². The molecule has 24 heavy (non-hydrogen) atoms. The first kappa shape index (κ1) is 18.0. The minimum absolute atomic E-state index is 0.0263. The zero-order valence-corrected chi connectivity index (χ0v) is 15.1. The Bertz CT molecular complexity index is 843. The van der Waals surface area contributed by atoms with Crippen molar-refractivity contribution in [2.24, 2.45) is 0 Å². The molecule has 0 aromatic heterocycles. The molecule has 0 unspecified atom stereocenters. The third-order valence-corrected chi connectivity index (χ3v) is 5.81. The van der Waals surface area contributed by atoms with Crippen LogP contribution in [0, 0.1) is 13.8 Å². The summed E-state index contributed by atoms with van der Waals surface area (Å²) < 4.78 is 25.0. The van der Waals surface area contributed by atoms with E-state index >= 15 is 0 Å². The van der Waals surface area contributed by atoms with Crippen LogP contribution in [0.1, 0.15) is 28.4 Å². The molecule has 5 nitrogen and oxygen atoms in total. The van der Waals surface area contributed by atoms with Crippen LogP contribution in [0.15, 0.2) is 42.5 Å². The monoisotopic (exact) mass is 346 g/mol. The average molecular weight is 346 g/mol. The minimum Gasteiger partial charge on any atom is -0.322 e. The molecule has 1 amide bonds. The molecule has 0 atom stereocenters. The van der Waals surface area contributed by atoms with E-state index in [1.165, 1.54) is 11.4 Å². The first-order chi connectivity index (χ1) is 11.2. The van der Waals surface area contributed by atoms with Gasteiger partial charge in [0.25, 0.3) is 5.91 Å². The van der Waals surface area contributed by atoms with E-state index in [2.05, 4.69) is 5.32 Å². The first-order valence-electron chi connectivity index (χ1n) is 7.70. The SMILES string of the molecule is CCS(=O)(=O)N(C)c1ccc(C(=O)Nc2ccc(C)c(C)c2)cc1. The molecule has 0 saturated carbocycles. The number of aryl methyl sites for hydroxylation is 2. The van der Waals surface area contributed by atoms with Crippen molar-refractivity contribution in [1.29, 1.82) is 0 Å². The van der Waals surface area contributed by atoms with Gasteiger partial charge in [0.15, 0.2) is 0 Å². The fraction of sp³-hybridized carbons (Fsp3) is 0.278. The topological polar surface area (TPSA) is 66.5 Å². The highest BCUT2D eigenvalue weighted by molar-refractivity contribution is 7.92. The number of anilines is 2. The number of sulfonamides is 1. The summed E-state index contributed by atoms with van der Waals surface area (Å²) in [5.41, 5.74) is 4.00. The lowest BCUT2D eigenvalue weighted by atomic mass is 10.1. The van der Waals surface area contributed by atoms with Crippen molar-refractivity contribution in [1.82, 2.24) is 0 Å². The Morgan fingerprint density at radius 3 is 2.21 bits per heavy atom. The number of nitrogens with one attached hydrogen (secondary N) is 1. The summed E-state index contributed by atoms with van der Waals surface area (Å²) in [6.45, 7) is 5.60. The largest absolute Gasteiger partial charge is 0.322 e. The van der Waals surface area contributed by atoms with Gasteiger partial charge in [-0.15, -0.1) is 0 Å². The normalized spacial score (nSPS) is 11.2. The number of hydrogen-bond donors (Lipinski definition) is 1. The van der Waals surface area contributed by atoms with Crippen LogP contribution in [-0.2, 0) is 10.0 Å². The number of hydrogen-bond acceptors (Lipinski definition) is 3. The van der Waals surface area contributed by atoms with Crippen molar-refractivity contribution in [2.75, 3.05) is 22.4 Å². The maximum Gasteiger partial charge on any atom is 0.255 e. The molecule has 1 N–H and O–H groups in total. The number of rotatable bonds is 5. The molecule has 0 bridgehead atoms. The minimum atomic E-state index is -3.31. The summed E-state index contributed by atoms with van der Waals surface area (Å²) in [7, 11) is -1.81. The summed E-state index contributed by atoms with van der Waals surface area (Å²) in [5.74, 6) is -0.204.